The molecule has 0 unspecified atom stereocenters. The number of thiazole rings is 1. The third-order valence-electron chi connectivity index (χ3n) is 3.21. The van der Waals surface area contributed by atoms with Gasteiger partial charge in [-0.1, -0.05) is 22.0 Å². The lowest BCUT2D eigenvalue weighted by atomic mass is 10.1. The van der Waals surface area contributed by atoms with Crippen LogP contribution < -0.4 is 4.90 Å². The molecule has 0 atom stereocenters. The Kier molecular flexibility index (Phi) is 4.93. The van der Waals surface area contributed by atoms with Gasteiger partial charge in [0.05, 0.1) is 23.3 Å². The molecule has 1 heterocycles. The molecular weight excluding hydrogens is 365 g/mol. The Morgan fingerprint density at radius 3 is 2.57 bits per heavy atom. The number of benzene rings is 1. The van der Waals surface area contributed by atoms with Gasteiger partial charge >= 0.3 is 6.18 Å². The molecule has 1 aromatic heterocycles. The van der Waals surface area contributed by atoms with Crippen molar-refractivity contribution in [3.8, 4) is 0 Å². The van der Waals surface area contributed by atoms with Crippen LogP contribution in [0, 0.1) is 6.92 Å². The summed E-state index contributed by atoms with van der Waals surface area (Å²) >= 11 is 4.61. The number of hydrogen-bond donors (Lipinski definition) is 0. The smallest absolute Gasteiger partial charge is 0.369 e. The number of anilines is 1. The van der Waals surface area contributed by atoms with Crippen LogP contribution in [0.2, 0.25) is 0 Å². The Bertz CT molecular complexity index is 625. The molecule has 0 saturated carbocycles. The van der Waals surface area contributed by atoms with E-state index in [0.29, 0.717) is 12.2 Å². The van der Waals surface area contributed by atoms with Gasteiger partial charge in [0.2, 0.25) is 0 Å². The van der Waals surface area contributed by atoms with Crippen LogP contribution in [0.3, 0.4) is 0 Å². The molecule has 0 N–H and O–H groups in total. The summed E-state index contributed by atoms with van der Waals surface area (Å²) < 4.78 is 39.2. The van der Waals surface area contributed by atoms with Crippen LogP contribution in [0.4, 0.5) is 18.9 Å². The van der Waals surface area contributed by atoms with E-state index < -0.39 is 11.7 Å². The van der Waals surface area contributed by atoms with Crippen molar-refractivity contribution in [2.24, 2.45) is 0 Å². The zero-order valence-corrected chi connectivity index (χ0v) is 13.9. The van der Waals surface area contributed by atoms with Crippen molar-refractivity contribution < 1.29 is 13.2 Å². The Hall–Kier alpha value is -1.08. The van der Waals surface area contributed by atoms with Gasteiger partial charge in [-0.15, -0.1) is 11.3 Å². The van der Waals surface area contributed by atoms with Gasteiger partial charge in [-0.25, -0.2) is 4.98 Å². The van der Waals surface area contributed by atoms with Crippen LogP contribution in [-0.4, -0.2) is 12.0 Å². The van der Waals surface area contributed by atoms with Gasteiger partial charge in [0, 0.05) is 22.9 Å². The second kappa shape index (κ2) is 6.36. The first kappa shape index (κ1) is 16.3. The Morgan fingerprint density at radius 2 is 2.05 bits per heavy atom. The van der Waals surface area contributed by atoms with E-state index in [9.17, 15) is 13.2 Å². The highest BCUT2D eigenvalue weighted by Gasteiger charge is 2.33. The predicted molar refractivity (Wildman–Crippen MR) is 83.0 cm³/mol. The highest BCUT2D eigenvalue weighted by Crippen LogP contribution is 2.35. The first-order chi connectivity index (χ1) is 9.82. The normalized spacial score (nSPS) is 11.7. The first-order valence-corrected chi connectivity index (χ1v) is 8.19. The van der Waals surface area contributed by atoms with E-state index in [1.165, 1.54) is 23.5 Å². The van der Waals surface area contributed by atoms with Crippen molar-refractivity contribution >= 4 is 33.0 Å². The molecule has 0 aliphatic rings. The maximum atomic E-state index is 13.1. The quantitative estimate of drug-likeness (QED) is 0.695. The predicted octanol–water partition coefficient (Wildman–Crippen LogP) is 5.00. The molecule has 0 saturated heterocycles. The average Bonchev–Trinajstić information content (AvgIpc) is 2.82. The first-order valence-electron chi connectivity index (χ1n) is 6.19. The van der Waals surface area contributed by atoms with E-state index in [1.54, 1.807) is 23.5 Å². The van der Waals surface area contributed by atoms with Crippen LogP contribution >= 0.6 is 27.3 Å². The van der Waals surface area contributed by atoms with E-state index in [1.807, 2.05) is 6.92 Å². The van der Waals surface area contributed by atoms with Crippen molar-refractivity contribution in [2.75, 3.05) is 11.9 Å². The van der Waals surface area contributed by atoms with Crippen molar-refractivity contribution in [2.45, 2.75) is 25.0 Å². The molecule has 21 heavy (non-hydrogen) atoms. The highest BCUT2D eigenvalue weighted by atomic mass is 79.9. The molecule has 0 amide bonds. The van der Waals surface area contributed by atoms with E-state index in [2.05, 4.69) is 20.9 Å². The summed E-state index contributed by atoms with van der Waals surface area (Å²) in [6.45, 7) is 2.44. The molecule has 7 heteroatoms. The molecule has 0 fully saturated rings. The molecule has 114 valence electrons. The molecule has 2 aromatic rings. The van der Waals surface area contributed by atoms with Crippen LogP contribution in [0.5, 0.6) is 0 Å². The maximum Gasteiger partial charge on any atom is 0.416 e. The number of hydrogen-bond acceptors (Lipinski definition) is 3. The fraction of sp³-hybridized carbons (Fsp3) is 0.357. The summed E-state index contributed by atoms with van der Waals surface area (Å²) in [5.41, 5.74) is 2.85. The summed E-state index contributed by atoms with van der Waals surface area (Å²) in [7, 11) is 1.78. The highest BCUT2D eigenvalue weighted by molar-refractivity contribution is 9.08. The minimum atomic E-state index is -4.35. The monoisotopic (exact) mass is 378 g/mol. The molecule has 1 aromatic carbocycles. The fourth-order valence-electron chi connectivity index (χ4n) is 1.97. The third kappa shape index (κ3) is 3.77. The molecule has 0 aliphatic carbocycles. The molecule has 0 bridgehead atoms. The standard InChI is InChI=1S/C14H14BrF3N2S/c1-9-13(21-8-19-9)7-20(2)11-4-3-10(6-15)12(5-11)14(16,17)18/h3-5,8H,6-7H2,1-2H3. The van der Waals surface area contributed by atoms with Crippen molar-refractivity contribution in [1.29, 1.82) is 0 Å². The summed E-state index contributed by atoms with van der Waals surface area (Å²) in [6.07, 6.45) is -4.35. The fourth-order valence-corrected chi connectivity index (χ4v) is 3.29. The zero-order chi connectivity index (χ0) is 15.6. The average molecular weight is 379 g/mol. The summed E-state index contributed by atoms with van der Waals surface area (Å²) in [6, 6.07) is 4.43. The molecule has 0 spiro atoms. The number of halogens is 4. The Balaban J connectivity index is 2.30. The van der Waals surface area contributed by atoms with Gasteiger partial charge in [-0.3, -0.25) is 0 Å². The van der Waals surface area contributed by atoms with Crippen LogP contribution in [0.1, 0.15) is 21.7 Å². The van der Waals surface area contributed by atoms with E-state index in [-0.39, 0.29) is 10.9 Å². The number of rotatable bonds is 4. The van der Waals surface area contributed by atoms with Crippen LogP contribution in [0.15, 0.2) is 23.7 Å². The minimum absolute atomic E-state index is 0.180. The minimum Gasteiger partial charge on any atom is -0.369 e. The van der Waals surface area contributed by atoms with Gasteiger partial charge in [-0.2, -0.15) is 13.2 Å². The summed E-state index contributed by atoms with van der Waals surface area (Å²) in [5, 5.41) is 0.180. The number of alkyl halides is 4. The van der Waals surface area contributed by atoms with Gasteiger partial charge in [0.15, 0.2) is 0 Å². The third-order valence-corrected chi connectivity index (χ3v) is 4.73. The lowest BCUT2D eigenvalue weighted by Gasteiger charge is -2.21. The SMILES string of the molecule is Cc1ncsc1CN(C)c1ccc(CBr)c(C(F)(F)F)c1. The molecule has 2 nitrogen and oxygen atoms in total. The number of nitrogens with zero attached hydrogens (tertiary/aromatic N) is 2. The number of aryl methyl sites for hydroxylation is 1. The Labute approximate surface area is 133 Å². The molecule has 2 rings (SSSR count). The summed E-state index contributed by atoms with van der Waals surface area (Å²) in [5.74, 6) is 0. The topological polar surface area (TPSA) is 16.1 Å². The van der Waals surface area contributed by atoms with E-state index in [0.717, 1.165) is 10.6 Å². The van der Waals surface area contributed by atoms with Crippen molar-refractivity contribution in [1.82, 2.24) is 4.98 Å². The van der Waals surface area contributed by atoms with Crippen LogP contribution in [-0.2, 0) is 18.1 Å². The second-order valence-corrected chi connectivity index (χ2v) is 6.19. The number of aromatic nitrogens is 1. The lowest BCUT2D eigenvalue weighted by molar-refractivity contribution is -0.138. The van der Waals surface area contributed by atoms with E-state index >= 15 is 0 Å². The van der Waals surface area contributed by atoms with Gasteiger partial charge in [-0.05, 0) is 24.6 Å². The second-order valence-electron chi connectivity index (χ2n) is 4.69. The molecular formula is C14H14BrF3N2S. The molecule has 0 radical (unpaired) electrons. The van der Waals surface area contributed by atoms with Crippen LogP contribution in [0.25, 0.3) is 0 Å². The Morgan fingerprint density at radius 1 is 1.33 bits per heavy atom. The van der Waals surface area contributed by atoms with Gasteiger partial charge in [0.25, 0.3) is 0 Å². The zero-order valence-electron chi connectivity index (χ0n) is 11.5. The maximum absolute atomic E-state index is 13.1. The molecule has 0 aliphatic heterocycles. The van der Waals surface area contributed by atoms with E-state index in [4.69, 9.17) is 0 Å². The largest absolute Gasteiger partial charge is 0.416 e. The summed E-state index contributed by atoms with van der Waals surface area (Å²) in [4.78, 5) is 7.00. The van der Waals surface area contributed by atoms with Crippen molar-refractivity contribution in [3.05, 3.63) is 45.4 Å². The lowest BCUT2D eigenvalue weighted by Crippen LogP contribution is -2.18. The van der Waals surface area contributed by atoms with Crippen molar-refractivity contribution in [3.63, 3.8) is 0 Å². The van der Waals surface area contributed by atoms with Gasteiger partial charge < -0.3 is 4.90 Å². The van der Waals surface area contributed by atoms with Gasteiger partial charge in [0.1, 0.15) is 0 Å².